The van der Waals surface area contributed by atoms with Gasteiger partial charge in [-0.2, -0.15) is 0 Å². The third-order valence-corrected chi connectivity index (χ3v) is 5.07. The Morgan fingerprint density at radius 2 is 2.04 bits per heavy atom. The second-order valence-corrected chi connectivity index (χ2v) is 8.43. The van der Waals surface area contributed by atoms with E-state index >= 15 is 0 Å². The van der Waals surface area contributed by atoms with Crippen LogP contribution in [0.25, 0.3) is 0 Å². The Labute approximate surface area is 166 Å². The normalized spacial score (nSPS) is 20.1. The van der Waals surface area contributed by atoms with Crippen molar-refractivity contribution in [2.45, 2.75) is 51.7 Å². The molecule has 1 atom stereocenters. The summed E-state index contributed by atoms with van der Waals surface area (Å²) in [4.78, 5) is 20.4. The molecule has 3 rings (SSSR count). The summed E-state index contributed by atoms with van der Waals surface area (Å²) in [5.74, 6) is 0.0998. The van der Waals surface area contributed by atoms with Crippen molar-refractivity contribution in [1.82, 2.24) is 15.2 Å². The van der Waals surface area contributed by atoms with Gasteiger partial charge in [0.15, 0.2) is 11.6 Å². The maximum atomic E-state index is 14.8. The van der Waals surface area contributed by atoms with Gasteiger partial charge in [0.25, 0.3) is 0 Å². The highest BCUT2D eigenvalue weighted by Crippen LogP contribution is 2.27. The molecule has 2 heterocycles. The quantitative estimate of drug-likeness (QED) is 0.791. The number of aryl methyl sites for hydroxylation is 1. The molecule has 8 heteroatoms. The molecule has 0 aromatic carbocycles. The first-order valence-electron chi connectivity index (χ1n) is 9.90. The first-order valence-corrected chi connectivity index (χ1v) is 9.90. The van der Waals surface area contributed by atoms with Gasteiger partial charge in [-0.1, -0.05) is 0 Å². The van der Waals surface area contributed by atoms with Gasteiger partial charge in [-0.3, -0.25) is 5.32 Å². The molecule has 1 aromatic heterocycles. The molecule has 1 unspecified atom stereocenters. The van der Waals surface area contributed by atoms with Gasteiger partial charge < -0.3 is 19.3 Å². The van der Waals surface area contributed by atoms with Gasteiger partial charge >= 0.3 is 6.09 Å². The fourth-order valence-electron chi connectivity index (χ4n) is 3.65. The van der Waals surface area contributed by atoms with Crippen molar-refractivity contribution in [2.75, 3.05) is 44.9 Å². The van der Waals surface area contributed by atoms with E-state index in [9.17, 15) is 9.18 Å². The van der Waals surface area contributed by atoms with Gasteiger partial charge in [0.2, 0.25) is 0 Å². The van der Waals surface area contributed by atoms with E-state index in [0.29, 0.717) is 38.7 Å². The van der Waals surface area contributed by atoms with Crippen molar-refractivity contribution in [3.63, 3.8) is 0 Å². The fraction of sp³-hybridized carbons (Fsp3) is 0.700. The summed E-state index contributed by atoms with van der Waals surface area (Å²) in [5.41, 5.74) is 1.42. The van der Waals surface area contributed by atoms with Gasteiger partial charge in [-0.05, 0) is 51.7 Å². The number of amides is 1. The van der Waals surface area contributed by atoms with Crippen molar-refractivity contribution in [1.29, 1.82) is 0 Å². The monoisotopic (exact) mass is 394 g/mol. The van der Waals surface area contributed by atoms with Crippen LogP contribution in [0.4, 0.5) is 15.0 Å². The third kappa shape index (κ3) is 5.11. The highest BCUT2D eigenvalue weighted by Gasteiger charge is 2.29. The molecule has 0 saturated carbocycles. The zero-order chi connectivity index (χ0) is 20.3. The van der Waals surface area contributed by atoms with E-state index in [2.05, 4.69) is 10.3 Å². The van der Waals surface area contributed by atoms with Crippen LogP contribution in [0.3, 0.4) is 0 Å². The maximum Gasteiger partial charge on any atom is 0.410 e. The first-order chi connectivity index (χ1) is 13.3. The molecular weight excluding hydrogens is 363 g/mol. The molecule has 1 saturated heterocycles. The van der Waals surface area contributed by atoms with Gasteiger partial charge in [0.05, 0.1) is 6.73 Å². The number of carbonyl (C=O) groups excluding carboxylic acids is 1. The standard InChI is InChI=1S/C20H31FN4O3/c1-20(2,3)28-19(26)25-9-7-24(8-10-25)18-16(21)12-14-11-15(22-13-27-4)5-6-17(14)23-18/h12,15,22H,5-11,13H2,1-4H3. The van der Waals surface area contributed by atoms with Crippen LogP contribution in [0.5, 0.6) is 0 Å². The lowest BCUT2D eigenvalue weighted by molar-refractivity contribution is 0.0240. The highest BCUT2D eigenvalue weighted by molar-refractivity contribution is 5.68. The number of rotatable bonds is 4. The Bertz CT molecular complexity index is 699. The molecule has 1 aliphatic heterocycles. The van der Waals surface area contributed by atoms with Crippen molar-refractivity contribution < 1.29 is 18.7 Å². The zero-order valence-corrected chi connectivity index (χ0v) is 17.3. The smallest absolute Gasteiger partial charge is 0.410 e. The number of piperazine rings is 1. The third-order valence-electron chi connectivity index (χ3n) is 5.07. The second-order valence-electron chi connectivity index (χ2n) is 8.43. The van der Waals surface area contributed by atoms with Gasteiger partial charge in [-0.15, -0.1) is 0 Å². The lowest BCUT2D eigenvalue weighted by atomic mass is 9.92. The lowest BCUT2D eigenvalue weighted by Crippen LogP contribution is -2.50. The molecule has 2 aliphatic rings. The molecule has 1 fully saturated rings. The number of pyridine rings is 1. The van der Waals surface area contributed by atoms with Crippen LogP contribution < -0.4 is 10.2 Å². The Balaban J connectivity index is 1.62. The Morgan fingerprint density at radius 1 is 1.32 bits per heavy atom. The van der Waals surface area contributed by atoms with Crippen LogP contribution >= 0.6 is 0 Å². The minimum Gasteiger partial charge on any atom is -0.444 e. The molecule has 1 aromatic rings. The van der Waals surface area contributed by atoms with Crippen LogP contribution in [0.1, 0.15) is 38.4 Å². The number of nitrogens with zero attached hydrogens (tertiary/aromatic N) is 3. The summed E-state index contributed by atoms with van der Waals surface area (Å²) in [6.07, 6.45) is 2.22. The molecule has 7 nitrogen and oxygen atoms in total. The predicted molar refractivity (Wildman–Crippen MR) is 105 cm³/mol. The molecule has 28 heavy (non-hydrogen) atoms. The van der Waals surface area contributed by atoms with Gasteiger partial charge in [0.1, 0.15) is 5.60 Å². The molecule has 0 bridgehead atoms. The topological polar surface area (TPSA) is 66.9 Å². The van der Waals surface area contributed by atoms with Crippen molar-refractivity contribution in [3.8, 4) is 0 Å². The number of anilines is 1. The van der Waals surface area contributed by atoms with E-state index in [1.807, 2.05) is 25.7 Å². The van der Waals surface area contributed by atoms with Crippen LogP contribution in [0.2, 0.25) is 0 Å². The maximum absolute atomic E-state index is 14.8. The predicted octanol–water partition coefficient (Wildman–Crippen LogP) is 2.33. The van der Waals surface area contributed by atoms with E-state index in [4.69, 9.17) is 9.47 Å². The van der Waals surface area contributed by atoms with Gasteiger partial charge in [-0.25, -0.2) is 14.2 Å². The van der Waals surface area contributed by atoms with Crippen LogP contribution in [-0.2, 0) is 22.3 Å². The Morgan fingerprint density at radius 3 is 2.68 bits per heavy atom. The number of hydrogen-bond acceptors (Lipinski definition) is 6. The first kappa shape index (κ1) is 20.8. The average molecular weight is 394 g/mol. The lowest BCUT2D eigenvalue weighted by Gasteiger charge is -2.36. The van der Waals surface area contributed by atoms with Crippen molar-refractivity contribution >= 4 is 11.9 Å². The summed E-state index contributed by atoms with van der Waals surface area (Å²) in [6.45, 7) is 8.12. The van der Waals surface area contributed by atoms with E-state index in [-0.39, 0.29) is 18.0 Å². The zero-order valence-electron chi connectivity index (χ0n) is 17.3. The molecule has 156 valence electrons. The summed E-state index contributed by atoms with van der Waals surface area (Å²) < 4.78 is 25.2. The van der Waals surface area contributed by atoms with E-state index < -0.39 is 5.60 Å². The number of aromatic nitrogens is 1. The molecule has 1 aliphatic carbocycles. The van der Waals surface area contributed by atoms with E-state index in [0.717, 1.165) is 30.5 Å². The number of carbonyl (C=O) groups is 1. The summed E-state index contributed by atoms with van der Waals surface area (Å²) in [5, 5.41) is 3.31. The largest absolute Gasteiger partial charge is 0.444 e. The number of methoxy groups -OCH3 is 1. The molecule has 1 amide bonds. The molecule has 0 radical (unpaired) electrons. The number of ether oxygens (including phenoxy) is 2. The summed E-state index contributed by atoms with van der Waals surface area (Å²) >= 11 is 0. The van der Waals surface area contributed by atoms with Gasteiger partial charge in [0, 0.05) is 45.0 Å². The fourth-order valence-corrected chi connectivity index (χ4v) is 3.65. The molecular formula is C20H31FN4O3. The Hall–Kier alpha value is -1.93. The Kier molecular flexibility index (Phi) is 6.40. The highest BCUT2D eigenvalue weighted by atomic mass is 19.1. The van der Waals surface area contributed by atoms with E-state index in [1.165, 1.54) is 0 Å². The van der Waals surface area contributed by atoms with Crippen LogP contribution in [0.15, 0.2) is 6.07 Å². The number of nitrogens with one attached hydrogen (secondary N) is 1. The number of fused-ring (bicyclic) bond motifs is 1. The number of hydrogen-bond donors (Lipinski definition) is 1. The van der Waals surface area contributed by atoms with Crippen molar-refractivity contribution in [3.05, 3.63) is 23.1 Å². The average Bonchev–Trinajstić information content (AvgIpc) is 2.64. The molecule has 0 spiro atoms. The van der Waals surface area contributed by atoms with Crippen LogP contribution in [0, 0.1) is 5.82 Å². The SMILES string of the molecule is COCNC1CCc2nc(N3CCN(C(=O)OC(C)(C)C)CC3)c(F)cc2C1. The minimum atomic E-state index is -0.518. The van der Waals surface area contributed by atoms with Crippen LogP contribution in [-0.4, -0.2) is 67.6 Å². The van der Waals surface area contributed by atoms with E-state index in [1.54, 1.807) is 18.1 Å². The minimum absolute atomic E-state index is 0.289. The summed E-state index contributed by atoms with van der Waals surface area (Å²) in [7, 11) is 1.65. The number of halogens is 1. The summed E-state index contributed by atoms with van der Waals surface area (Å²) in [6, 6.07) is 1.91. The molecule has 1 N–H and O–H groups in total. The van der Waals surface area contributed by atoms with Crippen molar-refractivity contribution in [2.24, 2.45) is 0 Å². The second kappa shape index (κ2) is 8.61.